The van der Waals surface area contributed by atoms with Gasteiger partial charge in [0.2, 0.25) is 0 Å². The third-order valence-corrected chi connectivity index (χ3v) is 7.71. The summed E-state index contributed by atoms with van der Waals surface area (Å²) < 4.78 is 14.3. The van der Waals surface area contributed by atoms with Crippen molar-refractivity contribution >= 4 is 34.0 Å². The summed E-state index contributed by atoms with van der Waals surface area (Å²) in [5.41, 5.74) is 3.60. The number of hydrogen-bond acceptors (Lipinski definition) is 1. The van der Waals surface area contributed by atoms with Gasteiger partial charge in [-0.25, -0.2) is 0 Å². The van der Waals surface area contributed by atoms with Crippen LogP contribution in [0.25, 0.3) is 0 Å². The lowest BCUT2D eigenvalue weighted by Gasteiger charge is -2.26. The molecule has 4 aromatic carbocycles. The first-order valence-electron chi connectivity index (χ1n) is 9.65. The highest BCUT2D eigenvalue weighted by atomic mass is 35.5. The van der Waals surface area contributed by atoms with Gasteiger partial charge in [-0.05, 0) is 34.4 Å². The number of halogens is 2. The molecule has 4 aromatic rings. The Balaban J connectivity index is 1.91. The van der Waals surface area contributed by atoms with E-state index in [4.69, 9.17) is 23.2 Å². The second kappa shape index (κ2) is 9.61. The maximum Gasteiger partial charge on any atom is 0.0870 e. The molecule has 0 aliphatic rings. The lowest BCUT2D eigenvalue weighted by molar-refractivity contribution is 0.673. The van der Waals surface area contributed by atoms with Crippen molar-refractivity contribution in [3.8, 4) is 0 Å². The highest BCUT2D eigenvalue weighted by Gasteiger charge is 2.32. The average Bonchev–Trinajstić information content (AvgIpc) is 2.78. The third kappa shape index (κ3) is 4.37. The smallest absolute Gasteiger partial charge is 0.0870 e. The first-order valence-corrected chi connectivity index (χ1v) is 11.7. The predicted octanol–water partition coefficient (Wildman–Crippen LogP) is 7.62. The van der Waals surface area contributed by atoms with E-state index in [1.54, 1.807) is 0 Å². The quantitative estimate of drug-likeness (QED) is 0.295. The molecule has 2 unspecified atom stereocenters. The van der Waals surface area contributed by atoms with Crippen molar-refractivity contribution in [2.75, 3.05) is 0 Å². The molecule has 1 nitrogen and oxygen atoms in total. The molecule has 0 N–H and O–H groups in total. The van der Waals surface area contributed by atoms with Crippen molar-refractivity contribution in [2.24, 2.45) is 0 Å². The summed E-state index contributed by atoms with van der Waals surface area (Å²) in [5.74, 6) is 0. The van der Waals surface area contributed by atoms with E-state index in [0.29, 0.717) is 10.0 Å². The molecule has 30 heavy (non-hydrogen) atoms. The van der Waals surface area contributed by atoms with Crippen molar-refractivity contribution in [2.45, 2.75) is 10.5 Å². The van der Waals surface area contributed by atoms with Crippen molar-refractivity contribution in [1.29, 1.82) is 0 Å². The number of benzene rings is 4. The minimum absolute atomic E-state index is 0.402. The molecule has 150 valence electrons. The predicted molar refractivity (Wildman–Crippen MR) is 128 cm³/mol. The van der Waals surface area contributed by atoms with E-state index < -0.39 is 21.3 Å². The van der Waals surface area contributed by atoms with Crippen LogP contribution in [0.4, 0.5) is 0 Å². The zero-order valence-electron chi connectivity index (χ0n) is 16.1. The maximum absolute atomic E-state index is 14.3. The lowest BCUT2D eigenvalue weighted by Crippen LogP contribution is -2.18. The van der Waals surface area contributed by atoms with Crippen molar-refractivity contribution in [3.63, 3.8) is 0 Å². The van der Waals surface area contributed by atoms with Crippen LogP contribution in [-0.4, -0.2) is 4.21 Å². The summed E-state index contributed by atoms with van der Waals surface area (Å²) in [4.78, 5) is 0. The van der Waals surface area contributed by atoms with E-state index >= 15 is 0 Å². The van der Waals surface area contributed by atoms with Gasteiger partial charge < -0.3 is 0 Å². The lowest BCUT2D eigenvalue weighted by atomic mass is 10.0. The van der Waals surface area contributed by atoms with Crippen LogP contribution in [0.5, 0.6) is 0 Å². The molecule has 0 radical (unpaired) electrons. The maximum atomic E-state index is 14.3. The molecule has 0 aliphatic heterocycles. The van der Waals surface area contributed by atoms with Crippen molar-refractivity contribution in [3.05, 3.63) is 141 Å². The second-order valence-electron chi connectivity index (χ2n) is 6.95. The van der Waals surface area contributed by atoms with Gasteiger partial charge in [0.1, 0.15) is 0 Å². The molecule has 0 saturated heterocycles. The van der Waals surface area contributed by atoms with Crippen LogP contribution in [0.15, 0.2) is 109 Å². The summed E-state index contributed by atoms with van der Waals surface area (Å²) in [5, 5.41) is 0.402. The Bertz CT molecular complexity index is 1050. The molecular formula is C26H20Cl2OS. The topological polar surface area (TPSA) is 17.1 Å². The van der Waals surface area contributed by atoms with Gasteiger partial charge in [-0.3, -0.25) is 4.21 Å². The summed E-state index contributed by atoms with van der Waals surface area (Å²) in [7, 11) is -1.39. The van der Waals surface area contributed by atoms with Crippen molar-refractivity contribution in [1.82, 2.24) is 0 Å². The zero-order valence-corrected chi connectivity index (χ0v) is 18.4. The molecule has 0 aromatic heterocycles. The van der Waals surface area contributed by atoms with Crippen LogP contribution < -0.4 is 0 Å². The second-order valence-corrected chi connectivity index (χ2v) is 9.37. The standard InChI is InChI=1S/C26H20Cl2OS/c27-23-17-9-7-15-21(23)25(19-11-3-1-4-12-19)30(29)26(20-13-5-2-6-14-20)22-16-8-10-18-24(22)28/h1-18,25-26H. The normalized spacial score (nSPS) is 14.1. The van der Waals surface area contributed by atoms with Gasteiger partial charge in [0.05, 0.1) is 10.5 Å². The van der Waals surface area contributed by atoms with E-state index in [-0.39, 0.29) is 0 Å². The molecule has 0 bridgehead atoms. The minimum atomic E-state index is -1.39. The first-order chi connectivity index (χ1) is 14.7. The monoisotopic (exact) mass is 450 g/mol. The van der Waals surface area contributed by atoms with E-state index in [9.17, 15) is 4.21 Å². The Morgan fingerprint density at radius 2 is 0.833 bits per heavy atom. The van der Waals surface area contributed by atoms with E-state index in [0.717, 1.165) is 22.3 Å². The van der Waals surface area contributed by atoms with Gasteiger partial charge in [0, 0.05) is 20.8 Å². The Morgan fingerprint density at radius 1 is 0.500 bits per heavy atom. The molecule has 0 saturated carbocycles. The summed E-state index contributed by atoms with van der Waals surface area (Å²) in [6, 6.07) is 35.0. The van der Waals surface area contributed by atoms with Gasteiger partial charge in [-0.1, -0.05) is 120 Å². The van der Waals surface area contributed by atoms with Crippen LogP contribution in [-0.2, 0) is 10.8 Å². The fourth-order valence-corrected chi connectivity index (χ4v) is 6.30. The van der Waals surface area contributed by atoms with E-state index in [2.05, 4.69) is 0 Å². The highest BCUT2D eigenvalue weighted by Crippen LogP contribution is 2.42. The molecule has 4 rings (SSSR count). The van der Waals surface area contributed by atoms with Gasteiger partial charge in [-0.2, -0.15) is 0 Å². The molecule has 0 heterocycles. The minimum Gasteiger partial charge on any atom is -0.258 e. The van der Waals surface area contributed by atoms with Gasteiger partial charge in [-0.15, -0.1) is 0 Å². The van der Waals surface area contributed by atoms with E-state index in [1.165, 1.54) is 0 Å². The molecule has 0 aliphatic carbocycles. The Hall–Kier alpha value is -2.39. The SMILES string of the molecule is O=S(C(c1ccccc1)c1ccccc1Cl)C(c1ccccc1)c1ccccc1Cl. The Labute approximate surface area is 189 Å². The number of hydrogen-bond donors (Lipinski definition) is 0. The average molecular weight is 451 g/mol. The molecule has 2 atom stereocenters. The molecule has 0 amide bonds. The Morgan fingerprint density at radius 3 is 1.20 bits per heavy atom. The molecule has 0 spiro atoms. The molecular weight excluding hydrogens is 431 g/mol. The van der Waals surface area contributed by atoms with Crippen LogP contribution in [0.2, 0.25) is 10.0 Å². The van der Waals surface area contributed by atoms with Crippen LogP contribution in [0.3, 0.4) is 0 Å². The van der Waals surface area contributed by atoms with E-state index in [1.807, 2.05) is 109 Å². The fourth-order valence-electron chi connectivity index (χ4n) is 3.64. The first kappa shape index (κ1) is 20.9. The summed E-state index contributed by atoms with van der Waals surface area (Å²) in [6.07, 6.45) is 0. The van der Waals surface area contributed by atoms with Gasteiger partial charge in [0.25, 0.3) is 0 Å². The van der Waals surface area contributed by atoms with Gasteiger partial charge in [0.15, 0.2) is 0 Å². The van der Waals surface area contributed by atoms with Gasteiger partial charge >= 0.3 is 0 Å². The van der Waals surface area contributed by atoms with Crippen molar-refractivity contribution < 1.29 is 4.21 Å². The van der Waals surface area contributed by atoms with Crippen LogP contribution in [0, 0.1) is 0 Å². The third-order valence-electron chi connectivity index (χ3n) is 5.04. The zero-order chi connectivity index (χ0) is 20.9. The number of rotatable bonds is 6. The summed E-state index contributed by atoms with van der Waals surface area (Å²) in [6.45, 7) is 0. The Kier molecular flexibility index (Phi) is 6.69. The fraction of sp³-hybridized carbons (Fsp3) is 0.0769. The highest BCUT2D eigenvalue weighted by molar-refractivity contribution is 7.86. The summed E-state index contributed by atoms with van der Waals surface area (Å²) >= 11 is 13.2. The molecule has 0 fully saturated rings. The van der Waals surface area contributed by atoms with Crippen LogP contribution in [0.1, 0.15) is 32.8 Å². The van der Waals surface area contributed by atoms with Crippen LogP contribution >= 0.6 is 23.2 Å². The molecule has 4 heteroatoms. The largest absolute Gasteiger partial charge is 0.258 e.